The zero-order chi connectivity index (χ0) is 13.9. The maximum atomic E-state index is 13.4. The second-order valence-electron chi connectivity index (χ2n) is 4.50. The van der Waals surface area contributed by atoms with Crippen molar-refractivity contribution in [2.24, 2.45) is 5.92 Å². The summed E-state index contributed by atoms with van der Waals surface area (Å²) in [6, 6.07) is 3.17. The Hall–Kier alpha value is -1.98. The third-order valence-corrected chi connectivity index (χ3v) is 2.38. The predicted octanol–water partition coefficient (Wildman–Crippen LogP) is 2.46. The van der Waals surface area contributed by atoms with Crippen LogP contribution < -0.4 is 0 Å². The van der Waals surface area contributed by atoms with Gasteiger partial charge < -0.3 is 4.90 Å². The summed E-state index contributed by atoms with van der Waals surface area (Å²) in [6.45, 7) is 4.46. The van der Waals surface area contributed by atoms with Crippen molar-refractivity contribution in [2.75, 3.05) is 13.6 Å². The summed E-state index contributed by atoms with van der Waals surface area (Å²) in [4.78, 5) is 23.0. The number of hydrogen-bond donors (Lipinski definition) is 0. The van der Waals surface area contributed by atoms with Crippen molar-refractivity contribution in [2.45, 2.75) is 13.8 Å². The molecule has 0 N–H and O–H groups in total. The predicted molar refractivity (Wildman–Crippen MR) is 64.9 cm³/mol. The van der Waals surface area contributed by atoms with Crippen molar-refractivity contribution in [3.63, 3.8) is 0 Å². The van der Waals surface area contributed by atoms with Gasteiger partial charge in [-0.2, -0.15) is 4.39 Å². The maximum absolute atomic E-state index is 13.4. The van der Waals surface area contributed by atoms with Crippen LogP contribution in [0.5, 0.6) is 0 Å². The first-order valence-electron chi connectivity index (χ1n) is 5.52. The highest BCUT2D eigenvalue weighted by atomic mass is 19.1. The summed E-state index contributed by atoms with van der Waals surface area (Å²) in [6.07, 6.45) is 0. The van der Waals surface area contributed by atoms with Gasteiger partial charge in [0, 0.05) is 25.2 Å². The summed E-state index contributed by atoms with van der Waals surface area (Å²) in [5.74, 6) is -1.05. The Morgan fingerprint density at radius 2 is 2.11 bits per heavy atom. The Kier molecular flexibility index (Phi) is 4.36. The highest BCUT2D eigenvalue weighted by molar-refractivity contribution is 5.94. The number of carbonyl (C=O) groups excluding carboxylic acids is 1. The molecule has 0 spiro atoms. The number of halogens is 1. The number of nitro benzene ring substituents is 1. The first-order chi connectivity index (χ1) is 8.32. The Morgan fingerprint density at radius 1 is 1.50 bits per heavy atom. The van der Waals surface area contributed by atoms with E-state index in [-0.39, 0.29) is 11.5 Å². The molecule has 0 unspecified atom stereocenters. The highest BCUT2D eigenvalue weighted by Gasteiger charge is 2.18. The molecule has 98 valence electrons. The lowest BCUT2D eigenvalue weighted by atomic mass is 10.1. The molecule has 0 saturated carbocycles. The zero-order valence-corrected chi connectivity index (χ0v) is 10.5. The van der Waals surface area contributed by atoms with Gasteiger partial charge >= 0.3 is 5.69 Å². The Labute approximate surface area is 104 Å². The van der Waals surface area contributed by atoms with Gasteiger partial charge in [-0.15, -0.1) is 0 Å². The summed E-state index contributed by atoms with van der Waals surface area (Å²) < 4.78 is 13.4. The van der Waals surface area contributed by atoms with E-state index in [0.717, 1.165) is 12.1 Å². The number of carbonyl (C=O) groups is 1. The molecular formula is C12H15FN2O3. The molecule has 0 aromatic heterocycles. The van der Waals surface area contributed by atoms with Crippen molar-refractivity contribution in [1.82, 2.24) is 4.90 Å². The Bertz CT molecular complexity index is 474. The van der Waals surface area contributed by atoms with E-state index in [2.05, 4.69) is 0 Å². The van der Waals surface area contributed by atoms with Crippen LogP contribution in [0.2, 0.25) is 0 Å². The van der Waals surface area contributed by atoms with E-state index >= 15 is 0 Å². The molecule has 6 heteroatoms. The SMILES string of the molecule is CC(C)CN(C)C(=O)c1ccc([N+](=O)[O-])c(F)c1. The lowest BCUT2D eigenvalue weighted by molar-refractivity contribution is -0.387. The fourth-order valence-corrected chi connectivity index (χ4v) is 1.64. The molecule has 0 saturated heterocycles. The average molecular weight is 254 g/mol. The minimum atomic E-state index is -0.996. The number of nitro groups is 1. The first-order valence-corrected chi connectivity index (χ1v) is 5.52. The molecule has 0 radical (unpaired) electrons. The van der Waals surface area contributed by atoms with Gasteiger partial charge in [0.05, 0.1) is 4.92 Å². The van der Waals surface area contributed by atoms with Crippen LogP contribution >= 0.6 is 0 Å². The molecule has 18 heavy (non-hydrogen) atoms. The Morgan fingerprint density at radius 3 is 2.56 bits per heavy atom. The van der Waals surface area contributed by atoms with Crippen LogP contribution in [0.1, 0.15) is 24.2 Å². The van der Waals surface area contributed by atoms with Crippen molar-refractivity contribution in [1.29, 1.82) is 0 Å². The molecule has 0 aliphatic carbocycles. The minimum absolute atomic E-state index is 0.112. The Balaban J connectivity index is 2.94. The average Bonchev–Trinajstić information content (AvgIpc) is 2.26. The van der Waals surface area contributed by atoms with Crippen LogP contribution in [-0.4, -0.2) is 29.3 Å². The van der Waals surface area contributed by atoms with Crippen molar-refractivity contribution < 1.29 is 14.1 Å². The number of nitrogens with zero attached hydrogens (tertiary/aromatic N) is 2. The van der Waals surface area contributed by atoms with E-state index < -0.39 is 16.4 Å². The van der Waals surface area contributed by atoms with E-state index in [1.807, 2.05) is 13.8 Å². The lowest BCUT2D eigenvalue weighted by Crippen LogP contribution is -2.30. The lowest BCUT2D eigenvalue weighted by Gasteiger charge is -2.19. The second kappa shape index (κ2) is 5.57. The van der Waals surface area contributed by atoms with Gasteiger partial charge in [-0.05, 0) is 18.1 Å². The topological polar surface area (TPSA) is 63.5 Å². The summed E-state index contributed by atoms with van der Waals surface area (Å²) in [5.41, 5.74) is -0.515. The molecular weight excluding hydrogens is 239 g/mol. The molecule has 1 amide bonds. The van der Waals surface area contributed by atoms with Crippen molar-refractivity contribution in [3.05, 3.63) is 39.7 Å². The maximum Gasteiger partial charge on any atom is 0.304 e. The number of amides is 1. The molecule has 5 nitrogen and oxygen atoms in total. The highest BCUT2D eigenvalue weighted by Crippen LogP contribution is 2.18. The van der Waals surface area contributed by atoms with Gasteiger partial charge in [-0.3, -0.25) is 14.9 Å². The summed E-state index contributed by atoms with van der Waals surface area (Å²) in [7, 11) is 1.61. The monoisotopic (exact) mass is 254 g/mol. The smallest absolute Gasteiger partial charge is 0.304 e. The summed E-state index contributed by atoms with van der Waals surface area (Å²) in [5, 5.41) is 10.5. The van der Waals surface area contributed by atoms with Crippen molar-refractivity contribution >= 4 is 11.6 Å². The third kappa shape index (κ3) is 3.26. The molecule has 0 fully saturated rings. The van der Waals surface area contributed by atoms with E-state index in [9.17, 15) is 19.3 Å². The zero-order valence-electron chi connectivity index (χ0n) is 10.5. The molecule has 0 atom stereocenters. The van der Waals surface area contributed by atoms with Gasteiger partial charge in [0.15, 0.2) is 0 Å². The van der Waals surface area contributed by atoms with Crippen LogP contribution in [0, 0.1) is 21.8 Å². The van der Waals surface area contributed by atoms with Crippen LogP contribution in [-0.2, 0) is 0 Å². The molecule has 1 rings (SSSR count). The molecule has 0 aliphatic heterocycles. The standard InChI is InChI=1S/C12H15FN2O3/c1-8(2)7-14(3)12(16)9-4-5-11(15(17)18)10(13)6-9/h4-6,8H,7H2,1-3H3. The van der Waals surface area contributed by atoms with Gasteiger partial charge in [0.1, 0.15) is 0 Å². The fourth-order valence-electron chi connectivity index (χ4n) is 1.64. The molecule has 0 aliphatic rings. The third-order valence-electron chi connectivity index (χ3n) is 2.38. The summed E-state index contributed by atoms with van der Waals surface area (Å²) >= 11 is 0. The van der Waals surface area contributed by atoms with E-state index in [0.29, 0.717) is 12.5 Å². The van der Waals surface area contributed by atoms with Crippen LogP contribution in [0.25, 0.3) is 0 Å². The van der Waals surface area contributed by atoms with Crippen LogP contribution in [0.4, 0.5) is 10.1 Å². The largest absolute Gasteiger partial charge is 0.341 e. The quantitative estimate of drug-likeness (QED) is 0.612. The van der Waals surface area contributed by atoms with Crippen LogP contribution in [0.15, 0.2) is 18.2 Å². The molecule has 0 bridgehead atoms. The van der Waals surface area contributed by atoms with E-state index in [4.69, 9.17) is 0 Å². The molecule has 1 aromatic rings. The normalized spacial score (nSPS) is 10.5. The van der Waals surface area contributed by atoms with Crippen molar-refractivity contribution in [3.8, 4) is 0 Å². The van der Waals surface area contributed by atoms with Gasteiger partial charge in [0.2, 0.25) is 5.82 Å². The molecule has 1 aromatic carbocycles. The number of hydrogen-bond acceptors (Lipinski definition) is 3. The van der Waals surface area contributed by atoms with Crippen LogP contribution in [0.3, 0.4) is 0 Å². The van der Waals surface area contributed by atoms with Gasteiger partial charge in [-0.1, -0.05) is 13.8 Å². The fraction of sp³-hybridized carbons (Fsp3) is 0.417. The van der Waals surface area contributed by atoms with Gasteiger partial charge in [-0.25, -0.2) is 0 Å². The first kappa shape index (κ1) is 14.1. The van der Waals surface area contributed by atoms with E-state index in [1.54, 1.807) is 7.05 Å². The number of rotatable bonds is 4. The number of benzene rings is 1. The second-order valence-corrected chi connectivity index (χ2v) is 4.50. The van der Waals surface area contributed by atoms with Gasteiger partial charge in [0.25, 0.3) is 5.91 Å². The van der Waals surface area contributed by atoms with E-state index in [1.165, 1.54) is 11.0 Å². The molecule has 0 heterocycles. The minimum Gasteiger partial charge on any atom is -0.341 e.